The van der Waals surface area contributed by atoms with Crippen molar-refractivity contribution >= 4 is 23.5 Å². The average Bonchev–Trinajstić information content (AvgIpc) is 2.61. The summed E-state index contributed by atoms with van der Waals surface area (Å²) >= 11 is 5.99. The van der Waals surface area contributed by atoms with Gasteiger partial charge in [0.15, 0.2) is 6.61 Å². The molecule has 0 aromatic heterocycles. The number of fused-ring (bicyclic) bond motifs is 1. The van der Waals surface area contributed by atoms with Gasteiger partial charge in [0.05, 0.1) is 5.92 Å². The molecule has 0 bridgehead atoms. The molecule has 0 spiro atoms. The zero-order valence-corrected chi connectivity index (χ0v) is 15.2. The summed E-state index contributed by atoms with van der Waals surface area (Å²) in [5.74, 6) is 0.177. The molecule has 1 saturated carbocycles. The van der Waals surface area contributed by atoms with Crippen LogP contribution in [-0.2, 0) is 20.7 Å². The summed E-state index contributed by atoms with van der Waals surface area (Å²) in [4.78, 5) is 24.3. The van der Waals surface area contributed by atoms with E-state index in [0.717, 1.165) is 30.6 Å². The van der Waals surface area contributed by atoms with E-state index < -0.39 is 11.9 Å². The van der Waals surface area contributed by atoms with E-state index in [2.05, 4.69) is 12.2 Å². The van der Waals surface area contributed by atoms with Gasteiger partial charge in [0, 0.05) is 11.1 Å². The van der Waals surface area contributed by atoms with Crippen molar-refractivity contribution in [1.29, 1.82) is 0 Å². The van der Waals surface area contributed by atoms with Crippen molar-refractivity contribution in [3.8, 4) is 5.75 Å². The first-order chi connectivity index (χ1) is 12.0. The van der Waals surface area contributed by atoms with Gasteiger partial charge in [-0.15, -0.1) is 0 Å². The largest absolute Gasteiger partial charge is 0.492 e. The second-order valence-corrected chi connectivity index (χ2v) is 7.44. The van der Waals surface area contributed by atoms with E-state index in [1.165, 1.54) is 6.42 Å². The lowest BCUT2D eigenvalue weighted by Gasteiger charge is -2.29. The van der Waals surface area contributed by atoms with Gasteiger partial charge in [0.1, 0.15) is 12.4 Å². The predicted molar refractivity (Wildman–Crippen MR) is 94.7 cm³/mol. The van der Waals surface area contributed by atoms with Crippen molar-refractivity contribution in [1.82, 2.24) is 5.32 Å². The van der Waals surface area contributed by atoms with Gasteiger partial charge in [-0.3, -0.25) is 9.59 Å². The Kier molecular flexibility index (Phi) is 5.84. The molecule has 1 aliphatic heterocycles. The van der Waals surface area contributed by atoms with Crippen LogP contribution >= 0.6 is 11.6 Å². The topological polar surface area (TPSA) is 64.6 Å². The number of esters is 1. The van der Waals surface area contributed by atoms with Crippen molar-refractivity contribution in [2.75, 3.05) is 13.2 Å². The fourth-order valence-electron chi connectivity index (χ4n) is 3.55. The summed E-state index contributed by atoms with van der Waals surface area (Å²) in [6.45, 7) is 2.17. The number of rotatable bonds is 4. The second-order valence-electron chi connectivity index (χ2n) is 7.01. The van der Waals surface area contributed by atoms with Crippen LogP contribution < -0.4 is 10.1 Å². The van der Waals surface area contributed by atoms with E-state index in [4.69, 9.17) is 21.1 Å². The summed E-state index contributed by atoms with van der Waals surface area (Å²) in [5.41, 5.74) is 0.890. The van der Waals surface area contributed by atoms with E-state index in [1.807, 2.05) is 0 Å². The first-order valence-electron chi connectivity index (χ1n) is 8.90. The molecule has 0 radical (unpaired) electrons. The van der Waals surface area contributed by atoms with Crippen molar-refractivity contribution < 1.29 is 19.1 Å². The monoisotopic (exact) mass is 365 g/mol. The van der Waals surface area contributed by atoms with Crippen LogP contribution in [0.3, 0.4) is 0 Å². The Morgan fingerprint density at radius 2 is 2.12 bits per heavy atom. The van der Waals surface area contributed by atoms with Gasteiger partial charge in [-0.1, -0.05) is 31.4 Å². The molecule has 3 atom stereocenters. The van der Waals surface area contributed by atoms with Gasteiger partial charge >= 0.3 is 5.97 Å². The molecule has 1 amide bonds. The molecule has 1 heterocycles. The minimum Gasteiger partial charge on any atom is -0.492 e. The molecule has 1 N–H and O–H groups in total. The number of carbonyl (C=O) groups is 2. The molecule has 1 fully saturated rings. The number of hydrogen-bond donors (Lipinski definition) is 1. The fraction of sp³-hybridized carbons (Fsp3) is 0.579. The number of nitrogens with one attached hydrogen (secondary N) is 1. The fourth-order valence-corrected chi connectivity index (χ4v) is 3.74. The van der Waals surface area contributed by atoms with Crippen LogP contribution in [-0.4, -0.2) is 31.1 Å². The van der Waals surface area contributed by atoms with E-state index in [-0.39, 0.29) is 25.2 Å². The maximum atomic E-state index is 12.2. The smallest absolute Gasteiger partial charge is 0.313 e. The summed E-state index contributed by atoms with van der Waals surface area (Å²) in [7, 11) is 0. The molecule has 1 aromatic rings. The standard InChI is InChI=1S/C19H24ClNO4/c1-12-4-2-3-5-16(12)21-18(22)11-25-19(23)14-8-13-9-15(20)6-7-17(13)24-10-14/h6-7,9,12,14,16H,2-5,8,10-11H2,1H3,(H,21,22)/t12-,14-,16-/m1/s1. The quantitative estimate of drug-likeness (QED) is 0.832. The van der Waals surface area contributed by atoms with Crippen LogP contribution in [0.5, 0.6) is 5.75 Å². The highest BCUT2D eigenvalue weighted by atomic mass is 35.5. The van der Waals surface area contributed by atoms with Crippen LogP contribution in [0, 0.1) is 11.8 Å². The van der Waals surface area contributed by atoms with Crippen molar-refractivity contribution in [2.24, 2.45) is 11.8 Å². The molecule has 0 saturated heterocycles. The lowest BCUT2D eigenvalue weighted by Crippen LogP contribution is -2.43. The van der Waals surface area contributed by atoms with E-state index in [9.17, 15) is 9.59 Å². The zero-order valence-electron chi connectivity index (χ0n) is 14.4. The number of carbonyl (C=O) groups excluding carboxylic acids is 2. The lowest BCUT2D eigenvalue weighted by molar-refractivity contribution is -0.154. The first kappa shape index (κ1) is 18.1. The number of hydrogen-bond acceptors (Lipinski definition) is 4. The number of ether oxygens (including phenoxy) is 2. The average molecular weight is 366 g/mol. The maximum Gasteiger partial charge on any atom is 0.313 e. The molecule has 1 aromatic carbocycles. The van der Waals surface area contributed by atoms with Crippen molar-refractivity contribution in [2.45, 2.75) is 45.1 Å². The minimum atomic E-state index is -0.410. The molecule has 1 aliphatic carbocycles. The normalized spacial score (nSPS) is 25.4. The molecule has 5 nitrogen and oxygen atoms in total. The van der Waals surface area contributed by atoms with Gasteiger partial charge in [-0.25, -0.2) is 0 Å². The predicted octanol–water partition coefficient (Wildman–Crippen LogP) is 3.13. The third kappa shape index (κ3) is 4.66. The highest BCUT2D eigenvalue weighted by molar-refractivity contribution is 6.30. The summed E-state index contributed by atoms with van der Waals surface area (Å²) < 4.78 is 10.8. The molecule has 136 valence electrons. The van der Waals surface area contributed by atoms with Gasteiger partial charge in [0.2, 0.25) is 0 Å². The molecule has 0 unspecified atom stereocenters. The van der Waals surface area contributed by atoms with Gasteiger partial charge in [0.25, 0.3) is 5.91 Å². The lowest BCUT2D eigenvalue weighted by atomic mass is 9.86. The summed E-state index contributed by atoms with van der Waals surface area (Å²) in [6, 6.07) is 5.55. The summed E-state index contributed by atoms with van der Waals surface area (Å²) in [6.07, 6.45) is 4.99. The Morgan fingerprint density at radius 3 is 2.92 bits per heavy atom. The Morgan fingerprint density at radius 1 is 1.32 bits per heavy atom. The van der Waals surface area contributed by atoms with Crippen LogP contribution in [0.4, 0.5) is 0 Å². The highest BCUT2D eigenvalue weighted by Crippen LogP contribution is 2.30. The minimum absolute atomic E-state index is 0.187. The third-order valence-corrected chi connectivity index (χ3v) is 5.30. The molecule has 3 rings (SSSR count). The molecular weight excluding hydrogens is 342 g/mol. The summed E-state index contributed by atoms with van der Waals surface area (Å²) in [5, 5.41) is 3.59. The van der Waals surface area contributed by atoms with E-state index in [0.29, 0.717) is 17.4 Å². The SMILES string of the molecule is C[C@@H]1CCCC[C@H]1NC(=O)COC(=O)[C@H]1COc2ccc(Cl)cc2C1. The van der Waals surface area contributed by atoms with Crippen LogP contribution in [0.1, 0.15) is 38.2 Å². The number of benzene rings is 1. The second kappa shape index (κ2) is 8.09. The first-order valence-corrected chi connectivity index (χ1v) is 9.28. The number of halogens is 1. The molecular formula is C19H24ClNO4. The maximum absolute atomic E-state index is 12.2. The van der Waals surface area contributed by atoms with Crippen LogP contribution in [0.15, 0.2) is 18.2 Å². The van der Waals surface area contributed by atoms with Crippen LogP contribution in [0.25, 0.3) is 0 Å². The Labute approximate surface area is 153 Å². The molecule has 25 heavy (non-hydrogen) atoms. The Bertz CT molecular complexity index is 648. The highest BCUT2D eigenvalue weighted by Gasteiger charge is 2.28. The Balaban J connectivity index is 1.47. The van der Waals surface area contributed by atoms with Crippen molar-refractivity contribution in [3.05, 3.63) is 28.8 Å². The number of amides is 1. The van der Waals surface area contributed by atoms with Gasteiger partial charge in [-0.05, 0) is 48.9 Å². The van der Waals surface area contributed by atoms with E-state index in [1.54, 1.807) is 18.2 Å². The zero-order chi connectivity index (χ0) is 17.8. The Hall–Kier alpha value is -1.75. The van der Waals surface area contributed by atoms with Gasteiger partial charge < -0.3 is 14.8 Å². The van der Waals surface area contributed by atoms with Crippen LogP contribution in [0.2, 0.25) is 5.02 Å². The third-order valence-electron chi connectivity index (χ3n) is 5.07. The van der Waals surface area contributed by atoms with E-state index >= 15 is 0 Å². The molecule has 6 heteroatoms. The van der Waals surface area contributed by atoms with Crippen molar-refractivity contribution in [3.63, 3.8) is 0 Å². The van der Waals surface area contributed by atoms with Gasteiger partial charge in [-0.2, -0.15) is 0 Å². The molecule has 2 aliphatic rings.